The van der Waals surface area contributed by atoms with Crippen LogP contribution < -0.4 is 9.47 Å². The Balaban J connectivity index is 1.80. The summed E-state index contributed by atoms with van der Waals surface area (Å²) >= 11 is 13.0. The zero-order chi connectivity index (χ0) is 21.7. The normalized spacial score (nSPS) is 15.0. The van der Waals surface area contributed by atoms with Crippen LogP contribution in [0.3, 0.4) is 0 Å². The molecular weight excluding hydrogens is 445 g/mol. The maximum absolute atomic E-state index is 12.4. The van der Waals surface area contributed by atoms with Crippen molar-refractivity contribution < 1.29 is 19.1 Å². The van der Waals surface area contributed by atoms with Crippen LogP contribution in [0.1, 0.15) is 18.1 Å². The predicted octanol–water partition coefficient (Wildman–Crippen LogP) is 6.19. The molecular formula is C22H19Cl2NO4S. The second kappa shape index (κ2) is 10.1. The van der Waals surface area contributed by atoms with E-state index < -0.39 is 0 Å². The van der Waals surface area contributed by atoms with Crippen LogP contribution >= 0.6 is 35.0 Å². The van der Waals surface area contributed by atoms with E-state index in [1.54, 1.807) is 42.5 Å². The van der Waals surface area contributed by atoms with Gasteiger partial charge >= 0.3 is 0 Å². The summed E-state index contributed by atoms with van der Waals surface area (Å²) in [4.78, 5) is 25.9. The molecule has 0 N–H and O–H groups in total. The Morgan fingerprint density at radius 3 is 2.60 bits per heavy atom. The number of benzene rings is 2. The molecule has 0 spiro atoms. The van der Waals surface area contributed by atoms with Crippen molar-refractivity contribution >= 4 is 52.2 Å². The standard InChI is InChI=1S/C22H19Cl2NO4S/c1-3-9-25-21(26)20(30-22(25)27)11-14-5-8-18(19(10-14)28-4-2)29-13-15-6-7-16(23)12-17(15)24/h3,5-8,10-12H,1,4,9,13H2,2H3/b20-11+. The average Bonchev–Trinajstić information content (AvgIpc) is 2.96. The van der Waals surface area contributed by atoms with E-state index in [0.29, 0.717) is 33.1 Å². The minimum atomic E-state index is -0.333. The summed E-state index contributed by atoms with van der Waals surface area (Å²) in [5.74, 6) is 0.738. The molecule has 8 heteroatoms. The van der Waals surface area contributed by atoms with E-state index in [1.165, 1.54) is 6.08 Å². The van der Waals surface area contributed by atoms with Crippen LogP contribution in [0.4, 0.5) is 4.79 Å². The van der Waals surface area contributed by atoms with Crippen molar-refractivity contribution in [1.29, 1.82) is 0 Å². The number of imide groups is 1. The molecule has 156 valence electrons. The minimum absolute atomic E-state index is 0.187. The fraction of sp³-hybridized carbons (Fsp3) is 0.182. The highest BCUT2D eigenvalue weighted by Crippen LogP contribution is 2.35. The Morgan fingerprint density at radius 2 is 1.90 bits per heavy atom. The zero-order valence-electron chi connectivity index (χ0n) is 16.2. The lowest BCUT2D eigenvalue weighted by molar-refractivity contribution is -0.122. The van der Waals surface area contributed by atoms with Crippen LogP contribution in [-0.4, -0.2) is 29.2 Å². The van der Waals surface area contributed by atoms with Gasteiger partial charge in [0.1, 0.15) is 6.61 Å². The van der Waals surface area contributed by atoms with Crippen molar-refractivity contribution in [3.63, 3.8) is 0 Å². The number of hydrogen-bond donors (Lipinski definition) is 0. The van der Waals surface area contributed by atoms with Gasteiger partial charge in [-0.2, -0.15) is 0 Å². The lowest BCUT2D eigenvalue weighted by Gasteiger charge is -2.13. The van der Waals surface area contributed by atoms with Crippen LogP contribution in [-0.2, 0) is 11.4 Å². The number of carbonyl (C=O) groups is 2. The number of nitrogens with zero attached hydrogens (tertiary/aromatic N) is 1. The quantitative estimate of drug-likeness (QED) is 0.344. The Labute approximate surface area is 189 Å². The molecule has 2 amide bonds. The molecule has 0 bridgehead atoms. The van der Waals surface area contributed by atoms with Gasteiger partial charge in [0.05, 0.1) is 11.5 Å². The van der Waals surface area contributed by atoms with Crippen molar-refractivity contribution in [2.24, 2.45) is 0 Å². The first-order chi connectivity index (χ1) is 14.4. The van der Waals surface area contributed by atoms with Crippen LogP contribution in [0.25, 0.3) is 6.08 Å². The Kier molecular flexibility index (Phi) is 7.48. The molecule has 0 aliphatic carbocycles. The number of rotatable bonds is 8. The van der Waals surface area contributed by atoms with Gasteiger partial charge in [0.2, 0.25) is 0 Å². The van der Waals surface area contributed by atoms with E-state index in [9.17, 15) is 9.59 Å². The van der Waals surface area contributed by atoms with E-state index in [2.05, 4.69) is 6.58 Å². The predicted molar refractivity (Wildman–Crippen MR) is 121 cm³/mol. The molecule has 3 rings (SSSR count). The third-order valence-electron chi connectivity index (χ3n) is 4.15. The fourth-order valence-electron chi connectivity index (χ4n) is 2.73. The molecule has 2 aromatic rings. The average molecular weight is 464 g/mol. The number of hydrogen-bond acceptors (Lipinski definition) is 5. The first kappa shape index (κ1) is 22.3. The summed E-state index contributed by atoms with van der Waals surface area (Å²) < 4.78 is 11.6. The first-order valence-corrected chi connectivity index (χ1v) is 10.7. The number of ether oxygens (including phenoxy) is 2. The van der Waals surface area contributed by atoms with Crippen molar-refractivity contribution in [2.75, 3.05) is 13.2 Å². The highest BCUT2D eigenvalue weighted by atomic mass is 35.5. The van der Waals surface area contributed by atoms with Crippen LogP contribution in [0.2, 0.25) is 10.0 Å². The summed E-state index contributed by atoms with van der Waals surface area (Å²) in [5.41, 5.74) is 1.52. The smallest absolute Gasteiger partial charge is 0.293 e. The van der Waals surface area contributed by atoms with Gasteiger partial charge < -0.3 is 9.47 Å². The van der Waals surface area contributed by atoms with Crippen LogP contribution in [0, 0.1) is 0 Å². The van der Waals surface area contributed by atoms with Gasteiger partial charge in [-0.1, -0.05) is 41.4 Å². The molecule has 0 unspecified atom stereocenters. The highest BCUT2D eigenvalue weighted by Gasteiger charge is 2.34. The van der Waals surface area contributed by atoms with Crippen LogP contribution in [0.5, 0.6) is 11.5 Å². The highest BCUT2D eigenvalue weighted by molar-refractivity contribution is 8.18. The minimum Gasteiger partial charge on any atom is -0.490 e. The summed E-state index contributed by atoms with van der Waals surface area (Å²) in [6.07, 6.45) is 3.18. The molecule has 1 saturated heterocycles. The molecule has 1 aliphatic rings. The third-order valence-corrected chi connectivity index (χ3v) is 5.64. The van der Waals surface area contributed by atoms with Gasteiger partial charge in [-0.05, 0) is 54.6 Å². The summed E-state index contributed by atoms with van der Waals surface area (Å²) in [6, 6.07) is 10.5. The van der Waals surface area contributed by atoms with Gasteiger partial charge in [-0.25, -0.2) is 0 Å². The molecule has 30 heavy (non-hydrogen) atoms. The molecule has 1 heterocycles. The van der Waals surface area contributed by atoms with Gasteiger partial charge in [-0.15, -0.1) is 6.58 Å². The second-order valence-electron chi connectivity index (χ2n) is 6.24. The van der Waals surface area contributed by atoms with E-state index in [1.807, 2.05) is 6.92 Å². The maximum atomic E-state index is 12.4. The molecule has 1 fully saturated rings. The fourth-order valence-corrected chi connectivity index (χ4v) is 4.05. The maximum Gasteiger partial charge on any atom is 0.293 e. The molecule has 0 atom stereocenters. The summed E-state index contributed by atoms with van der Waals surface area (Å²) in [6.45, 7) is 6.32. The van der Waals surface area contributed by atoms with E-state index in [4.69, 9.17) is 32.7 Å². The lowest BCUT2D eigenvalue weighted by atomic mass is 10.1. The van der Waals surface area contributed by atoms with E-state index in [0.717, 1.165) is 27.8 Å². The third kappa shape index (κ3) is 5.19. The van der Waals surface area contributed by atoms with E-state index in [-0.39, 0.29) is 24.3 Å². The van der Waals surface area contributed by atoms with Gasteiger partial charge in [0, 0.05) is 22.2 Å². The van der Waals surface area contributed by atoms with Crippen LogP contribution in [0.15, 0.2) is 54.0 Å². The second-order valence-corrected chi connectivity index (χ2v) is 8.08. The molecule has 0 radical (unpaired) electrons. The largest absolute Gasteiger partial charge is 0.490 e. The number of thioether (sulfide) groups is 1. The number of carbonyl (C=O) groups excluding carboxylic acids is 2. The summed E-state index contributed by atoms with van der Waals surface area (Å²) in [7, 11) is 0. The van der Waals surface area contributed by atoms with Gasteiger partial charge in [0.15, 0.2) is 11.5 Å². The van der Waals surface area contributed by atoms with Crippen molar-refractivity contribution in [1.82, 2.24) is 4.90 Å². The van der Waals surface area contributed by atoms with Crippen molar-refractivity contribution in [3.8, 4) is 11.5 Å². The molecule has 0 saturated carbocycles. The Morgan fingerprint density at radius 1 is 1.10 bits per heavy atom. The van der Waals surface area contributed by atoms with E-state index >= 15 is 0 Å². The molecule has 1 aliphatic heterocycles. The summed E-state index contributed by atoms with van der Waals surface area (Å²) in [5, 5.41) is 0.768. The molecule has 0 aromatic heterocycles. The lowest BCUT2D eigenvalue weighted by Crippen LogP contribution is -2.27. The van der Waals surface area contributed by atoms with Gasteiger partial charge in [-0.3, -0.25) is 14.5 Å². The van der Waals surface area contributed by atoms with Crippen molar-refractivity contribution in [2.45, 2.75) is 13.5 Å². The van der Waals surface area contributed by atoms with Gasteiger partial charge in [0.25, 0.3) is 11.1 Å². The Bertz CT molecular complexity index is 1020. The number of halogens is 2. The molecule has 5 nitrogen and oxygen atoms in total. The zero-order valence-corrected chi connectivity index (χ0v) is 18.5. The SMILES string of the molecule is C=CCN1C(=O)S/C(=C/c2ccc(OCc3ccc(Cl)cc3Cl)c(OCC)c2)C1=O. The topological polar surface area (TPSA) is 55.8 Å². The number of amides is 2. The Hall–Kier alpha value is -2.41. The molecule has 2 aromatic carbocycles. The monoisotopic (exact) mass is 463 g/mol. The first-order valence-electron chi connectivity index (χ1n) is 9.12. The van der Waals surface area contributed by atoms with Crippen molar-refractivity contribution in [3.05, 3.63) is 75.1 Å².